The van der Waals surface area contributed by atoms with Gasteiger partial charge in [-0.2, -0.15) is 0 Å². The Balaban J connectivity index is 0. The summed E-state index contributed by atoms with van der Waals surface area (Å²) in [4.78, 5) is 1.99. The monoisotopic (exact) mass is 209 g/mol. The van der Waals surface area contributed by atoms with Gasteiger partial charge in [0.15, 0.2) is 0 Å². The molecule has 0 fully saturated rings. The Morgan fingerprint density at radius 2 is 1.62 bits per heavy atom. The summed E-state index contributed by atoms with van der Waals surface area (Å²) in [5, 5.41) is -0.218. The molecular formula is C9H23NO2S. The Hall–Kier alpha value is -0.0900. The summed E-state index contributed by atoms with van der Waals surface area (Å²) in [5.74, 6) is 0. The van der Waals surface area contributed by atoms with Gasteiger partial charge in [0.25, 0.3) is 0 Å². The number of rotatable bonds is 4. The largest absolute Gasteiger partial charge is 0.309 e. The third kappa shape index (κ3) is 9.83. The number of hydrogen-bond acceptors (Lipinski definition) is 3. The van der Waals surface area contributed by atoms with Gasteiger partial charge in [-0.3, -0.25) is 0 Å². The maximum Gasteiger partial charge on any atom is 0.150 e. The van der Waals surface area contributed by atoms with Crippen LogP contribution >= 0.6 is 0 Å². The molecule has 0 N–H and O–H groups in total. The van der Waals surface area contributed by atoms with Crippen LogP contribution < -0.4 is 0 Å². The fourth-order valence-electron chi connectivity index (χ4n) is 0.654. The lowest BCUT2D eigenvalue weighted by Crippen LogP contribution is -2.23. The second kappa shape index (κ2) is 7.33. The molecule has 3 nitrogen and oxygen atoms in total. The Bertz CT molecular complexity index is 198. The molecule has 1 atom stereocenters. The molecule has 0 saturated heterocycles. The third-order valence-electron chi connectivity index (χ3n) is 1.71. The molecule has 0 amide bonds. The van der Waals surface area contributed by atoms with Crippen LogP contribution in [0.1, 0.15) is 27.2 Å². The third-order valence-corrected chi connectivity index (χ3v) is 3.41. The smallest absolute Gasteiger partial charge is 0.150 e. The first kappa shape index (κ1) is 15.4. The molecule has 0 aromatic rings. The van der Waals surface area contributed by atoms with Crippen molar-refractivity contribution in [1.82, 2.24) is 4.90 Å². The fourth-order valence-corrected chi connectivity index (χ4v) is 1.19. The van der Waals surface area contributed by atoms with Gasteiger partial charge in [-0.05, 0) is 34.0 Å². The van der Waals surface area contributed by atoms with Gasteiger partial charge < -0.3 is 4.90 Å². The van der Waals surface area contributed by atoms with Gasteiger partial charge in [0.05, 0.1) is 5.25 Å². The van der Waals surface area contributed by atoms with E-state index < -0.39 is 9.84 Å². The molecule has 0 aromatic carbocycles. The van der Waals surface area contributed by atoms with Gasteiger partial charge in [-0.15, -0.1) is 0 Å². The summed E-state index contributed by atoms with van der Waals surface area (Å²) in [6.45, 7) is 6.58. The highest BCUT2D eigenvalue weighted by atomic mass is 32.2. The molecule has 0 heterocycles. The van der Waals surface area contributed by atoms with Crippen molar-refractivity contribution < 1.29 is 8.42 Å². The molecule has 0 aliphatic rings. The highest BCUT2D eigenvalue weighted by Gasteiger charge is 2.13. The van der Waals surface area contributed by atoms with E-state index in [4.69, 9.17) is 0 Å². The van der Waals surface area contributed by atoms with E-state index in [1.807, 2.05) is 32.8 Å². The highest BCUT2D eigenvalue weighted by molar-refractivity contribution is 7.91. The van der Waals surface area contributed by atoms with Crippen LogP contribution in [0.2, 0.25) is 0 Å². The van der Waals surface area contributed by atoms with Crippen molar-refractivity contribution in [2.45, 2.75) is 32.4 Å². The zero-order chi connectivity index (χ0) is 11.1. The molecule has 1 unspecified atom stereocenters. The molecule has 0 aliphatic carbocycles. The predicted molar refractivity (Wildman–Crippen MR) is 58.8 cm³/mol. The second-order valence-electron chi connectivity index (χ2n) is 3.23. The van der Waals surface area contributed by atoms with Crippen LogP contribution in [0.5, 0.6) is 0 Å². The summed E-state index contributed by atoms with van der Waals surface area (Å²) < 4.78 is 21.9. The lowest BCUT2D eigenvalue weighted by atomic mass is 10.3. The SMILES string of the molecule is CC.CC(CCN(C)C)S(C)(=O)=O. The van der Waals surface area contributed by atoms with E-state index >= 15 is 0 Å². The Morgan fingerprint density at radius 1 is 1.23 bits per heavy atom. The van der Waals surface area contributed by atoms with Crippen molar-refractivity contribution in [2.75, 3.05) is 26.9 Å². The first-order valence-corrected chi connectivity index (χ1v) is 6.63. The minimum Gasteiger partial charge on any atom is -0.309 e. The van der Waals surface area contributed by atoms with Crippen molar-refractivity contribution in [3.05, 3.63) is 0 Å². The number of hydrogen-bond donors (Lipinski definition) is 0. The molecule has 0 spiro atoms. The average Bonchev–Trinajstić information content (AvgIpc) is 2.02. The van der Waals surface area contributed by atoms with E-state index in [0.717, 1.165) is 6.54 Å². The van der Waals surface area contributed by atoms with Crippen molar-refractivity contribution in [3.63, 3.8) is 0 Å². The van der Waals surface area contributed by atoms with Crippen LogP contribution in [0.15, 0.2) is 0 Å². The van der Waals surface area contributed by atoms with Crippen LogP contribution in [-0.4, -0.2) is 45.5 Å². The maximum atomic E-state index is 10.9. The zero-order valence-electron chi connectivity index (χ0n) is 9.66. The van der Waals surface area contributed by atoms with Crippen molar-refractivity contribution in [2.24, 2.45) is 0 Å². The van der Waals surface area contributed by atoms with Gasteiger partial charge in [0, 0.05) is 6.26 Å². The summed E-state index contributed by atoms with van der Waals surface area (Å²) in [5.41, 5.74) is 0. The molecule has 13 heavy (non-hydrogen) atoms. The second-order valence-corrected chi connectivity index (χ2v) is 5.70. The van der Waals surface area contributed by atoms with Crippen LogP contribution in [0.4, 0.5) is 0 Å². The zero-order valence-corrected chi connectivity index (χ0v) is 10.5. The Morgan fingerprint density at radius 3 is 1.85 bits per heavy atom. The predicted octanol–water partition coefficient (Wildman–Crippen LogP) is 1.40. The lowest BCUT2D eigenvalue weighted by Gasteiger charge is -2.13. The summed E-state index contributed by atoms with van der Waals surface area (Å²) in [6, 6.07) is 0. The van der Waals surface area contributed by atoms with Crippen molar-refractivity contribution in [3.8, 4) is 0 Å². The summed E-state index contributed by atoms with van der Waals surface area (Å²) in [7, 11) is 1.05. The van der Waals surface area contributed by atoms with E-state index in [1.54, 1.807) is 6.92 Å². The molecule has 0 bridgehead atoms. The number of sulfone groups is 1. The van der Waals surface area contributed by atoms with Gasteiger partial charge in [0.1, 0.15) is 9.84 Å². The fraction of sp³-hybridized carbons (Fsp3) is 1.00. The van der Waals surface area contributed by atoms with E-state index in [2.05, 4.69) is 0 Å². The van der Waals surface area contributed by atoms with Crippen LogP contribution in [-0.2, 0) is 9.84 Å². The molecule has 0 rings (SSSR count). The van der Waals surface area contributed by atoms with Gasteiger partial charge in [-0.25, -0.2) is 8.42 Å². The molecule has 0 radical (unpaired) electrons. The minimum absolute atomic E-state index is 0.218. The van der Waals surface area contributed by atoms with Gasteiger partial charge in [-0.1, -0.05) is 13.8 Å². The molecule has 82 valence electrons. The Labute approximate surface area is 83.0 Å². The van der Waals surface area contributed by atoms with Crippen molar-refractivity contribution in [1.29, 1.82) is 0 Å². The van der Waals surface area contributed by atoms with Crippen LogP contribution in [0.3, 0.4) is 0 Å². The summed E-state index contributed by atoms with van der Waals surface area (Å²) >= 11 is 0. The van der Waals surface area contributed by atoms with E-state index in [9.17, 15) is 8.42 Å². The quantitative estimate of drug-likeness (QED) is 0.702. The summed E-state index contributed by atoms with van der Waals surface area (Å²) in [6.07, 6.45) is 2.00. The van der Waals surface area contributed by atoms with Gasteiger partial charge in [0.2, 0.25) is 0 Å². The first-order valence-electron chi connectivity index (χ1n) is 4.67. The lowest BCUT2D eigenvalue weighted by molar-refractivity contribution is 0.397. The minimum atomic E-state index is -2.83. The number of nitrogens with zero attached hydrogens (tertiary/aromatic N) is 1. The normalized spacial score (nSPS) is 13.5. The molecule has 0 aromatic heterocycles. The standard InChI is InChI=1S/C7H17NO2S.C2H6/c1-7(11(4,9)10)5-6-8(2)3;1-2/h7H,5-6H2,1-4H3;1-2H3. The van der Waals surface area contributed by atoms with Crippen LogP contribution in [0.25, 0.3) is 0 Å². The molecule has 4 heteroatoms. The van der Waals surface area contributed by atoms with E-state index in [0.29, 0.717) is 6.42 Å². The van der Waals surface area contributed by atoms with Gasteiger partial charge >= 0.3 is 0 Å². The van der Waals surface area contributed by atoms with E-state index in [1.165, 1.54) is 6.26 Å². The topological polar surface area (TPSA) is 37.4 Å². The Kier molecular flexibility index (Phi) is 8.67. The van der Waals surface area contributed by atoms with E-state index in [-0.39, 0.29) is 5.25 Å². The average molecular weight is 209 g/mol. The molecule has 0 aliphatic heterocycles. The first-order chi connectivity index (χ1) is 5.84. The molecule has 0 saturated carbocycles. The van der Waals surface area contributed by atoms with Crippen LogP contribution in [0, 0.1) is 0 Å². The van der Waals surface area contributed by atoms with Crippen molar-refractivity contribution >= 4 is 9.84 Å². The maximum absolute atomic E-state index is 10.9. The highest BCUT2D eigenvalue weighted by Crippen LogP contribution is 2.02. The molecular weight excluding hydrogens is 186 g/mol.